The quantitative estimate of drug-likeness (QED) is 0.569. The molecule has 25 heavy (non-hydrogen) atoms. The molecule has 0 saturated heterocycles. The third-order valence-electron chi connectivity index (χ3n) is 4.01. The van der Waals surface area contributed by atoms with E-state index in [1.807, 2.05) is 18.7 Å². The summed E-state index contributed by atoms with van der Waals surface area (Å²) < 4.78 is 36.7. The van der Waals surface area contributed by atoms with Gasteiger partial charge in [0, 0.05) is 13.5 Å². The number of fused-ring (bicyclic) bond motifs is 1. The van der Waals surface area contributed by atoms with Gasteiger partial charge in [-0.15, -0.1) is 0 Å². The highest BCUT2D eigenvalue weighted by Crippen LogP contribution is 2.43. The molecule has 10 heteroatoms. The molecule has 0 spiro atoms. The van der Waals surface area contributed by atoms with Crippen molar-refractivity contribution in [2.24, 2.45) is 0 Å². The number of rotatable bonds is 6. The second-order valence-corrected chi connectivity index (χ2v) is 8.12. The summed E-state index contributed by atoms with van der Waals surface area (Å²) in [5.74, 6) is -1.30. The molecule has 0 amide bonds. The fourth-order valence-electron chi connectivity index (χ4n) is 3.06. The smallest absolute Gasteiger partial charge is 0.302 e. The van der Waals surface area contributed by atoms with Crippen molar-refractivity contribution in [1.29, 1.82) is 0 Å². The zero-order valence-corrected chi connectivity index (χ0v) is 16.4. The van der Waals surface area contributed by atoms with Gasteiger partial charge in [0.2, 0.25) is 0 Å². The Hall–Kier alpha value is -1.22. The molecule has 0 radical (unpaired) electrons. The second-order valence-electron chi connectivity index (χ2n) is 5.81. The number of nitrogens with zero attached hydrogens (tertiary/aromatic N) is 2. The van der Waals surface area contributed by atoms with E-state index in [1.165, 1.54) is 6.92 Å². The fraction of sp³-hybridized carbons (Fsp3) is 0.533. The maximum absolute atomic E-state index is 11.3. The van der Waals surface area contributed by atoms with E-state index in [-0.39, 0.29) is 12.7 Å². The second kappa shape index (κ2) is 7.57. The van der Waals surface area contributed by atoms with Crippen LogP contribution in [-0.4, -0.2) is 50.1 Å². The minimum Gasteiger partial charge on any atom is -0.459 e. The van der Waals surface area contributed by atoms with Crippen LogP contribution in [0.15, 0.2) is 12.1 Å². The van der Waals surface area contributed by atoms with Crippen molar-refractivity contribution in [2.45, 2.75) is 33.0 Å². The number of esters is 1. The third-order valence-corrected chi connectivity index (χ3v) is 5.52. The Bertz CT molecular complexity index is 771. The predicted molar refractivity (Wildman–Crippen MR) is 98.3 cm³/mol. The van der Waals surface area contributed by atoms with Crippen LogP contribution in [0.5, 0.6) is 0 Å². The molecule has 0 unspecified atom stereocenters. The maximum Gasteiger partial charge on any atom is 0.302 e. The lowest BCUT2D eigenvalue weighted by atomic mass is 10.2. The van der Waals surface area contributed by atoms with Crippen molar-refractivity contribution in [3.63, 3.8) is 0 Å². The largest absolute Gasteiger partial charge is 0.459 e. The van der Waals surface area contributed by atoms with E-state index in [4.69, 9.17) is 32.5 Å². The Morgan fingerprint density at radius 2 is 1.80 bits per heavy atom. The molecule has 1 aromatic rings. The van der Waals surface area contributed by atoms with Crippen molar-refractivity contribution in [2.75, 3.05) is 28.6 Å². The summed E-state index contributed by atoms with van der Waals surface area (Å²) in [5.41, 5.74) is 1.62. The molecule has 0 bridgehead atoms. The topological polar surface area (TPSA) is 87.2 Å². The van der Waals surface area contributed by atoms with Gasteiger partial charge in [-0.25, -0.2) is 0 Å². The van der Waals surface area contributed by atoms with Gasteiger partial charge < -0.3 is 14.5 Å². The molecule has 0 aliphatic carbocycles. The van der Waals surface area contributed by atoms with Gasteiger partial charge in [0.05, 0.1) is 34.1 Å². The van der Waals surface area contributed by atoms with E-state index in [2.05, 4.69) is 4.90 Å². The first-order chi connectivity index (χ1) is 11.5. The van der Waals surface area contributed by atoms with Crippen molar-refractivity contribution in [1.82, 2.24) is 0 Å². The van der Waals surface area contributed by atoms with Gasteiger partial charge in [-0.05, 0) is 26.0 Å². The molecule has 7 nitrogen and oxygen atoms in total. The number of anilines is 2. The van der Waals surface area contributed by atoms with Crippen LogP contribution in [0.4, 0.5) is 11.4 Å². The van der Waals surface area contributed by atoms with Crippen molar-refractivity contribution in [3.05, 3.63) is 22.2 Å². The van der Waals surface area contributed by atoms with Gasteiger partial charge in [-0.3, -0.25) is 9.35 Å². The Labute approximate surface area is 157 Å². The lowest BCUT2D eigenvalue weighted by molar-refractivity contribution is -0.144. The molecule has 0 fully saturated rings. The fourth-order valence-corrected chi connectivity index (χ4v) is 4.01. The van der Waals surface area contributed by atoms with E-state index in [0.717, 1.165) is 11.4 Å². The zero-order chi connectivity index (χ0) is 18.9. The monoisotopic (exact) mass is 410 g/mol. The van der Waals surface area contributed by atoms with Gasteiger partial charge in [0.1, 0.15) is 11.9 Å². The Kier molecular flexibility index (Phi) is 6.09. The molecule has 140 valence electrons. The van der Waals surface area contributed by atoms with E-state index >= 15 is 0 Å². The summed E-state index contributed by atoms with van der Waals surface area (Å²) in [6.07, 6.45) is -1.15. The number of ether oxygens (including phenoxy) is 1. The molecular weight excluding hydrogens is 391 g/mol. The SMILES string of the molecule is CCN1c2cc(Cl)c(Cl)cc2N(C[C@H](CS(=O)(=O)O)OC(C)=O)[C@@H]1C. The molecule has 1 N–H and O–H groups in total. The molecule has 1 heterocycles. The Morgan fingerprint density at radius 3 is 2.24 bits per heavy atom. The number of hydrogen-bond donors (Lipinski definition) is 1. The Morgan fingerprint density at radius 1 is 1.28 bits per heavy atom. The predicted octanol–water partition coefficient (Wildman–Crippen LogP) is 2.81. The summed E-state index contributed by atoms with van der Waals surface area (Å²) >= 11 is 12.2. The van der Waals surface area contributed by atoms with Gasteiger partial charge in [0.25, 0.3) is 10.1 Å². The summed E-state index contributed by atoms with van der Waals surface area (Å²) in [7, 11) is -4.30. The first kappa shape index (κ1) is 20.1. The molecule has 0 aromatic heterocycles. The molecule has 2 atom stereocenters. The van der Waals surface area contributed by atoms with Crippen molar-refractivity contribution >= 4 is 50.7 Å². The summed E-state index contributed by atoms with van der Waals surface area (Å²) in [6, 6.07) is 3.45. The third kappa shape index (κ3) is 4.69. The average molecular weight is 411 g/mol. The van der Waals surface area contributed by atoms with Crippen LogP contribution in [0.25, 0.3) is 0 Å². The van der Waals surface area contributed by atoms with Crippen LogP contribution < -0.4 is 9.80 Å². The first-order valence-corrected chi connectivity index (χ1v) is 10.0. The molecule has 1 aliphatic heterocycles. The van der Waals surface area contributed by atoms with Gasteiger partial charge >= 0.3 is 5.97 Å². The van der Waals surface area contributed by atoms with Gasteiger partial charge in [-0.1, -0.05) is 23.2 Å². The van der Waals surface area contributed by atoms with Crippen molar-refractivity contribution in [3.8, 4) is 0 Å². The lowest BCUT2D eigenvalue weighted by Gasteiger charge is -2.31. The average Bonchev–Trinajstić information content (AvgIpc) is 2.69. The van der Waals surface area contributed by atoms with Crippen molar-refractivity contribution < 1.29 is 22.5 Å². The van der Waals surface area contributed by atoms with Crippen LogP contribution in [0, 0.1) is 0 Å². The van der Waals surface area contributed by atoms with Crippen LogP contribution in [0.3, 0.4) is 0 Å². The summed E-state index contributed by atoms with van der Waals surface area (Å²) in [6.45, 7) is 5.88. The first-order valence-electron chi connectivity index (χ1n) is 7.68. The minimum absolute atomic E-state index is 0.0853. The van der Waals surface area contributed by atoms with Gasteiger partial charge in [0.15, 0.2) is 0 Å². The Balaban J connectivity index is 2.37. The maximum atomic E-state index is 11.3. The van der Waals surface area contributed by atoms with Crippen LogP contribution in [0.1, 0.15) is 20.8 Å². The molecule has 0 saturated carbocycles. The van der Waals surface area contributed by atoms with Crippen LogP contribution >= 0.6 is 23.2 Å². The molecular formula is C15H20Cl2N2O5S. The zero-order valence-electron chi connectivity index (χ0n) is 14.1. The highest BCUT2D eigenvalue weighted by molar-refractivity contribution is 7.85. The number of carbonyl (C=O) groups excluding carboxylic acids is 1. The van der Waals surface area contributed by atoms with E-state index in [1.54, 1.807) is 12.1 Å². The number of halogens is 2. The van der Waals surface area contributed by atoms with Gasteiger partial charge in [-0.2, -0.15) is 8.42 Å². The summed E-state index contributed by atoms with van der Waals surface area (Å²) in [4.78, 5) is 15.2. The minimum atomic E-state index is -4.30. The normalized spacial score (nSPS) is 18.2. The number of carbonyl (C=O) groups is 1. The highest BCUT2D eigenvalue weighted by Gasteiger charge is 2.35. The van der Waals surface area contributed by atoms with Crippen LogP contribution in [0.2, 0.25) is 10.0 Å². The lowest BCUT2D eigenvalue weighted by Crippen LogP contribution is -2.46. The van der Waals surface area contributed by atoms with E-state index in [0.29, 0.717) is 16.6 Å². The van der Waals surface area contributed by atoms with E-state index < -0.39 is 27.9 Å². The molecule has 1 aromatic carbocycles. The number of hydrogen-bond acceptors (Lipinski definition) is 6. The summed E-state index contributed by atoms with van der Waals surface area (Å²) in [5, 5.41) is 0.789. The van der Waals surface area contributed by atoms with Crippen LogP contribution in [-0.2, 0) is 19.6 Å². The molecule has 2 rings (SSSR count). The van der Waals surface area contributed by atoms with E-state index in [9.17, 15) is 13.2 Å². The molecule has 1 aliphatic rings. The highest BCUT2D eigenvalue weighted by atomic mass is 35.5. The standard InChI is InChI=1S/C15H20Cl2N2O5S/c1-4-18-9(2)19(15-6-13(17)12(16)5-14(15)18)7-11(24-10(3)20)8-25(21,22)23/h5-6,9,11H,4,7-8H2,1-3H3,(H,21,22,23)/t9-,11-/m1/s1. The number of benzene rings is 1.